The second kappa shape index (κ2) is 4.11. The predicted octanol–water partition coefficient (Wildman–Crippen LogP) is 3.17. The van der Waals surface area contributed by atoms with E-state index in [1.807, 2.05) is 36.4 Å². The molecule has 0 aliphatic rings. The summed E-state index contributed by atoms with van der Waals surface area (Å²) in [7, 11) is 1.36. The van der Waals surface area contributed by atoms with Gasteiger partial charge in [-0.1, -0.05) is 42.5 Å². The lowest BCUT2D eigenvalue weighted by atomic mass is 10.1. The van der Waals surface area contributed by atoms with Crippen molar-refractivity contribution in [2.45, 2.75) is 0 Å². The van der Waals surface area contributed by atoms with Gasteiger partial charge in [0.1, 0.15) is 5.69 Å². The molecule has 0 fully saturated rings. The summed E-state index contributed by atoms with van der Waals surface area (Å²) in [6, 6.07) is 15.6. The molecule has 0 aliphatic carbocycles. The fourth-order valence-electron chi connectivity index (χ4n) is 2.08. The van der Waals surface area contributed by atoms with Crippen LogP contribution in [0.3, 0.4) is 0 Å². The average molecular weight is 237 g/mol. The molecule has 1 heterocycles. The third-order valence-electron chi connectivity index (χ3n) is 2.98. The summed E-state index contributed by atoms with van der Waals surface area (Å²) in [4.78, 5) is 15.9. The third-order valence-corrected chi connectivity index (χ3v) is 2.98. The van der Waals surface area contributed by atoms with Crippen LogP contribution in [0.4, 0.5) is 0 Å². The van der Waals surface area contributed by atoms with Crippen molar-refractivity contribution in [3.8, 4) is 0 Å². The minimum atomic E-state index is -0.412. The summed E-state index contributed by atoms with van der Waals surface area (Å²) in [5.74, 6) is -0.412. The van der Waals surface area contributed by atoms with Crippen LogP contribution in [0.15, 0.2) is 48.5 Å². The number of carbonyl (C=O) groups is 1. The van der Waals surface area contributed by atoms with Crippen LogP contribution in [-0.2, 0) is 4.74 Å². The minimum Gasteiger partial charge on any atom is -0.464 e. The van der Waals surface area contributed by atoms with Gasteiger partial charge in [0.2, 0.25) is 0 Å². The van der Waals surface area contributed by atoms with Gasteiger partial charge in [-0.3, -0.25) is 0 Å². The van der Waals surface area contributed by atoms with Gasteiger partial charge < -0.3 is 4.74 Å². The number of esters is 1. The normalized spacial score (nSPS) is 10.7. The molecule has 3 aromatic rings. The monoisotopic (exact) mass is 237 g/mol. The van der Waals surface area contributed by atoms with Gasteiger partial charge in [-0.05, 0) is 11.5 Å². The summed E-state index contributed by atoms with van der Waals surface area (Å²) in [6.45, 7) is 0. The molecule has 0 aliphatic heterocycles. The Hall–Kier alpha value is -2.42. The van der Waals surface area contributed by atoms with Gasteiger partial charge in [0.25, 0.3) is 0 Å². The van der Waals surface area contributed by atoms with Crippen LogP contribution in [-0.4, -0.2) is 18.1 Å². The average Bonchev–Trinajstić information content (AvgIpc) is 2.45. The third kappa shape index (κ3) is 1.61. The molecule has 0 bridgehead atoms. The lowest BCUT2D eigenvalue weighted by Gasteiger charge is -2.04. The summed E-state index contributed by atoms with van der Waals surface area (Å²) < 4.78 is 4.70. The Bertz CT molecular complexity index is 750. The molecule has 0 saturated heterocycles. The van der Waals surface area contributed by atoms with Crippen LogP contribution in [0.1, 0.15) is 10.5 Å². The Morgan fingerprint density at radius 2 is 1.72 bits per heavy atom. The molecule has 3 heteroatoms. The molecule has 1 aromatic heterocycles. The fraction of sp³-hybridized carbons (Fsp3) is 0.0667. The lowest BCUT2D eigenvalue weighted by molar-refractivity contribution is 0.0594. The predicted molar refractivity (Wildman–Crippen MR) is 70.6 cm³/mol. The molecule has 0 saturated carbocycles. The van der Waals surface area contributed by atoms with Crippen molar-refractivity contribution < 1.29 is 9.53 Å². The van der Waals surface area contributed by atoms with E-state index in [2.05, 4.69) is 11.1 Å². The highest BCUT2D eigenvalue weighted by atomic mass is 16.5. The summed E-state index contributed by atoms with van der Waals surface area (Å²) in [5, 5.41) is 3.17. The molecule has 18 heavy (non-hydrogen) atoms. The smallest absolute Gasteiger partial charge is 0.356 e. The first kappa shape index (κ1) is 10.7. The zero-order chi connectivity index (χ0) is 12.5. The standard InChI is InChI=1S/C15H11NO2/c1-18-15(17)13-9-8-11-7-6-10-4-2-3-5-12(10)14(11)16-13/h2-9H,1H3. The van der Waals surface area contributed by atoms with Crippen molar-refractivity contribution in [1.82, 2.24) is 4.98 Å². The Morgan fingerprint density at radius 3 is 2.56 bits per heavy atom. The maximum absolute atomic E-state index is 11.5. The van der Waals surface area contributed by atoms with Gasteiger partial charge in [0.05, 0.1) is 12.6 Å². The van der Waals surface area contributed by atoms with E-state index in [9.17, 15) is 4.79 Å². The van der Waals surface area contributed by atoms with Crippen LogP contribution >= 0.6 is 0 Å². The maximum atomic E-state index is 11.5. The number of nitrogens with zero attached hydrogens (tertiary/aromatic N) is 1. The zero-order valence-corrected chi connectivity index (χ0v) is 9.88. The van der Waals surface area contributed by atoms with Crippen molar-refractivity contribution in [3.05, 3.63) is 54.2 Å². The fourth-order valence-corrected chi connectivity index (χ4v) is 2.08. The minimum absolute atomic E-state index is 0.335. The van der Waals surface area contributed by atoms with Gasteiger partial charge in [0, 0.05) is 10.8 Å². The molecule has 0 atom stereocenters. The van der Waals surface area contributed by atoms with Crippen molar-refractivity contribution in [1.29, 1.82) is 0 Å². The van der Waals surface area contributed by atoms with Crippen molar-refractivity contribution in [2.24, 2.45) is 0 Å². The number of benzene rings is 2. The quantitative estimate of drug-likeness (QED) is 0.482. The van der Waals surface area contributed by atoms with Crippen molar-refractivity contribution in [3.63, 3.8) is 0 Å². The Morgan fingerprint density at radius 1 is 1.00 bits per heavy atom. The first-order valence-electron chi connectivity index (χ1n) is 5.66. The maximum Gasteiger partial charge on any atom is 0.356 e. The van der Waals surface area contributed by atoms with Gasteiger partial charge in [0.15, 0.2) is 0 Å². The van der Waals surface area contributed by atoms with E-state index in [-0.39, 0.29) is 0 Å². The molecule has 0 radical (unpaired) electrons. The molecule has 0 N–H and O–H groups in total. The number of ether oxygens (including phenoxy) is 1. The number of hydrogen-bond donors (Lipinski definition) is 0. The van der Waals surface area contributed by atoms with E-state index in [0.717, 1.165) is 21.7 Å². The first-order valence-corrected chi connectivity index (χ1v) is 5.66. The van der Waals surface area contributed by atoms with Crippen LogP contribution in [0.25, 0.3) is 21.7 Å². The lowest BCUT2D eigenvalue weighted by Crippen LogP contribution is -2.03. The molecular formula is C15H11NO2. The largest absolute Gasteiger partial charge is 0.464 e. The molecule has 3 nitrogen and oxygen atoms in total. The van der Waals surface area contributed by atoms with E-state index in [4.69, 9.17) is 4.74 Å². The molecule has 0 amide bonds. The van der Waals surface area contributed by atoms with Crippen molar-refractivity contribution >= 4 is 27.6 Å². The Balaban J connectivity index is 2.36. The molecule has 3 rings (SSSR count). The Labute approximate surface area is 104 Å². The van der Waals surface area contributed by atoms with Crippen LogP contribution < -0.4 is 0 Å². The molecule has 0 unspecified atom stereocenters. The van der Waals surface area contributed by atoms with Crippen LogP contribution in [0, 0.1) is 0 Å². The number of fused-ring (bicyclic) bond motifs is 3. The number of carbonyl (C=O) groups excluding carboxylic acids is 1. The van der Waals surface area contributed by atoms with Gasteiger partial charge in [-0.15, -0.1) is 0 Å². The SMILES string of the molecule is COC(=O)c1ccc2ccc3ccccc3c2n1. The number of methoxy groups -OCH3 is 1. The van der Waals surface area contributed by atoms with Crippen LogP contribution in [0.2, 0.25) is 0 Å². The zero-order valence-electron chi connectivity index (χ0n) is 9.88. The van der Waals surface area contributed by atoms with Crippen molar-refractivity contribution in [2.75, 3.05) is 7.11 Å². The molecule has 88 valence electrons. The van der Waals surface area contributed by atoms with E-state index in [1.54, 1.807) is 6.07 Å². The highest BCUT2D eigenvalue weighted by Gasteiger charge is 2.09. The topological polar surface area (TPSA) is 39.2 Å². The molecular weight excluding hydrogens is 226 g/mol. The van der Waals surface area contributed by atoms with Crippen LogP contribution in [0.5, 0.6) is 0 Å². The molecule has 2 aromatic carbocycles. The summed E-state index contributed by atoms with van der Waals surface area (Å²) in [6.07, 6.45) is 0. The number of rotatable bonds is 1. The van der Waals surface area contributed by atoms with Gasteiger partial charge in [-0.25, -0.2) is 9.78 Å². The second-order valence-corrected chi connectivity index (χ2v) is 4.05. The van der Waals surface area contributed by atoms with Gasteiger partial charge in [-0.2, -0.15) is 0 Å². The second-order valence-electron chi connectivity index (χ2n) is 4.05. The Kier molecular flexibility index (Phi) is 2.45. The van der Waals surface area contributed by atoms with E-state index >= 15 is 0 Å². The number of pyridine rings is 1. The highest BCUT2D eigenvalue weighted by molar-refractivity contribution is 6.06. The first-order chi connectivity index (χ1) is 8.79. The highest BCUT2D eigenvalue weighted by Crippen LogP contribution is 2.23. The number of aromatic nitrogens is 1. The van der Waals surface area contributed by atoms with E-state index in [1.165, 1.54) is 7.11 Å². The summed E-state index contributed by atoms with van der Waals surface area (Å²) >= 11 is 0. The molecule has 0 spiro atoms. The number of hydrogen-bond acceptors (Lipinski definition) is 3. The summed E-state index contributed by atoms with van der Waals surface area (Å²) in [5.41, 5.74) is 1.16. The van der Waals surface area contributed by atoms with Gasteiger partial charge >= 0.3 is 5.97 Å². The van der Waals surface area contributed by atoms with E-state index in [0.29, 0.717) is 5.69 Å². The van der Waals surface area contributed by atoms with E-state index < -0.39 is 5.97 Å².